The third kappa shape index (κ3) is 6.98. The van der Waals surface area contributed by atoms with Gasteiger partial charge in [0.2, 0.25) is 5.91 Å². The fraction of sp³-hybridized carbons (Fsp3) is 0.250. The molecule has 6 nitrogen and oxygen atoms in total. The zero-order chi connectivity index (χ0) is 20.7. The van der Waals surface area contributed by atoms with Crippen LogP contribution in [0.25, 0.3) is 0 Å². The van der Waals surface area contributed by atoms with Gasteiger partial charge in [-0.05, 0) is 72.1 Å². The van der Waals surface area contributed by atoms with Crippen LogP contribution in [0.1, 0.15) is 24.5 Å². The number of hydrogen-bond acceptors (Lipinski definition) is 4. The summed E-state index contributed by atoms with van der Waals surface area (Å²) >= 11 is 9.43. The molecule has 0 saturated carbocycles. The number of ether oxygens (including phenoxy) is 1. The maximum atomic E-state index is 12.1. The lowest BCUT2D eigenvalue weighted by atomic mass is 10.2. The first-order chi connectivity index (χ1) is 13.2. The van der Waals surface area contributed by atoms with Gasteiger partial charge < -0.3 is 10.1 Å². The molecule has 0 unspecified atom stereocenters. The van der Waals surface area contributed by atoms with Crippen LogP contribution < -0.4 is 15.5 Å². The summed E-state index contributed by atoms with van der Waals surface area (Å²) in [6.07, 6.45) is 0.0378. The number of halogens is 2. The number of hydrazone groups is 1. The van der Waals surface area contributed by atoms with E-state index >= 15 is 0 Å². The number of nitrogens with zero attached hydrogens (tertiary/aromatic N) is 1. The van der Waals surface area contributed by atoms with Crippen LogP contribution in [0.2, 0.25) is 5.02 Å². The molecule has 28 heavy (non-hydrogen) atoms. The van der Waals surface area contributed by atoms with Crippen molar-refractivity contribution in [2.75, 3.05) is 11.9 Å². The molecule has 2 aromatic carbocycles. The molecule has 0 aliphatic carbocycles. The first-order valence-electron chi connectivity index (χ1n) is 8.51. The maximum Gasteiger partial charge on any atom is 0.277 e. The number of carbonyl (C=O) groups excluding carboxylic acids is 2. The Labute approximate surface area is 177 Å². The van der Waals surface area contributed by atoms with Gasteiger partial charge in [0.1, 0.15) is 5.75 Å². The van der Waals surface area contributed by atoms with Crippen LogP contribution in [0, 0.1) is 13.8 Å². The Balaban J connectivity index is 1.79. The van der Waals surface area contributed by atoms with Gasteiger partial charge in [-0.1, -0.05) is 23.7 Å². The van der Waals surface area contributed by atoms with E-state index in [0.29, 0.717) is 22.2 Å². The van der Waals surface area contributed by atoms with Crippen LogP contribution >= 0.6 is 27.5 Å². The Morgan fingerprint density at radius 2 is 1.89 bits per heavy atom. The van der Waals surface area contributed by atoms with Crippen LogP contribution in [0.3, 0.4) is 0 Å². The Bertz CT molecular complexity index is 916. The normalized spacial score (nSPS) is 11.1. The standard InChI is InChI=1S/C20H21BrClN3O3/c1-12-4-7-18(16(21)8-12)28-11-20(27)25-24-14(3)9-19(26)23-15-6-5-13(2)17(22)10-15/h4-8,10H,9,11H2,1-3H3,(H,23,26)(H,25,27). The number of carbonyl (C=O) groups is 2. The second kappa shape index (κ2) is 10.2. The van der Waals surface area contributed by atoms with Gasteiger partial charge in [0.05, 0.1) is 10.9 Å². The third-order valence-electron chi connectivity index (χ3n) is 3.69. The number of aryl methyl sites for hydroxylation is 2. The zero-order valence-corrected chi connectivity index (χ0v) is 18.1. The molecule has 8 heteroatoms. The van der Waals surface area contributed by atoms with Gasteiger partial charge in [-0.3, -0.25) is 9.59 Å². The van der Waals surface area contributed by atoms with E-state index in [1.165, 1.54) is 0 Å². The van der Waals surface area contributed by atoms with Gasteiger partial charge >= 0.3 is 0 Å². The number of nitrogens with one attached hydrogen (secondary N) is 2. The monoisotopic (exact) mass is 465 g/mol. The summed E-state index contributed by atoms with van der Waals surface area (Å²) < 4.78 is 6.22. The van der Waals surface area contributed by atoms with Gasteiger partial charge in [-0.25, -0.2) is 5.43 Å². The fourth-order valence-electron chi connectivity index (χ4n) is 2.20. The van der Waals surface area contributed by atoms with Gasteiger partial charge in [-0.2, -0.15) is 5.10 Å². The van der Waals surface area contributed by atoms with E-state index in [0.717, 1.165) is 15.6 Å². The summed E-state index contributed by atoms with van der Waals surface area (Å²) in [5.41, 5.74) is 5.45. The molecule has 2 rings (SSSR count). The lowest BCUT2D eigenvalue weighted by Gasteiger charge is -2.08. The van der Waals surface area contributed by atoms with Crippen molar-refractivity contribution in [3.05, 3.63) is 57.0 Å². The van der Waals surface area contributed by atoms with Gasteiger partial charge in [0, 0.05) is 16.4 Å². The quantitative estimate of drug-likeness (QED) is 0.461. The number of benzene rings is 2. The van der Waals surface area contributed by atoms with E-state index in [4.69, 9.17) is 16.3 Å². The number of hydrogen-bond donors (Lipinski definition) is 2. The predicted octanol–water partition coefficient (Wildman–Crippen LogP) is 4.62. The molecule has 0 bridgehead atoms. The van der Waals surface area contributed by atoms with Crippen molar-refractivity contribution in [3.63, 3.8) is 0 Å². The second-order valence-corrected chi connectivity index (χ2v) is 7.56. The molecule has 0 fully saturated rings. The van der Waals surface area contributed by atoms with Gasteiger partial charge in [0.25, 0.3) is 5.91 Å². The summed E-state index contributed by atoms with van der Waals surface area (Å²) in [5.74, 6) is -0.106. The van der Waals surface area contributed by atoms with Crippen molar-refractivity contribution in [3.8, 4) is 5.75 Å². The van der Waals surface area contributed by atoms with Crippen LogP contribution in [0.4, 0.5) is 5.69 Å². The zero-order valence-electron chi connectivity index (χ0n) is 15.8. The van der Waals surface area contributed by atoms with Crippen LogP contribution in [-0.2, 0) is 9.59 Å². The van der Waals surface area contributed by atoms with Crippen molar-refractivity contribution >= 4 is 50.7 Å². The highest BCUT2D eigenvalue weighted by Crippen LogP contribution is 2.25. The molecule has 2 aromatic rings. The van der Waals surface area contributed by atoms with Gasteiger partial charge in [-0.15, -0.1) is 0 Å². The molecular formula is C20H21BrClN3O3. The molecule has 0 spiro atoms. The van der Waals surface area contributed by atoms with E-state index in [1.54, 1.807) is 25.1 Å². The lowest BCUT2D eigenvalue weighted by molar-refractivity contribution is -0.123. The summed E-state index contributed by atoms with van der Waals surface area (Å²) in [6, 6.07) is 10.8. The topological polar surface area (TPSA) is 79.8 Å². The lowest BCUT2D eigenvalue weighted by Crippen LogP contribution is -2.26. The van der Waals surface area contributed by atoms with E-state index in [1.807, 2.05) is 32.0 Å². The molecule has 148 valence electrons. The smallest absolute Gasteiger partial charge is 0.277 e. The fourth-order valence-corrected chi connectivity index (χ4v) is 2.99. The van der Waals surface area contributed by atoms with Crippen molar-refractivity contribution in [1.29, 1.82) is 0 Å². The molecular weight excluding hydrogens is 446 g/mol. The molecule has 0 atom stereocenters. The maximum absolute atomic E-state index is 12.1. The molecule has 2 amide bonds. The Morgan fingerprint density at radius 3 is 2.57 bits per heavy atom. The van der Waals surface area contributed by atoms with E-state index < -0.39 is 5.91 Å². The number of rotatable bonds is 7. The highest BCUT2D eigenvalue weighted by Gasteiger charge is 2.08. The summed E-state index contributed by atoms with van der Waals surface area (Å²) in [4.78, 5) is 23.9. The van der Waals surface area contributed by atoms with Gasteiger partial charge in [0.15, 0.2) is 6.61 Å². The highest BCUT2D eigenvalue weighted by atomic mass is 79.9. The molecule has 0 aromatic heterocycles. The molecule has 0 aliphatic rings. The largest absolute Gasteiger partial charge is 0.483 e. The Hall–Kier alpha value is -2.38. The molecule has 0 saturated heterocycles. The summed E-state index contributed by atoms with van der Waals surface area (Å²) in [7, 11) is 0. The first kappa shape index (κ1) is 21.9. The first-order valence-corrected chi connectivity index (χ1v) is 9.68. The van der Waals surface area contributed by atoms with E-state index in [2.05, 4.69) is 31.8 Å². The minimum absolute atomic E-state index is 0.0378. The molecule has 0 radical (unpaired) electrons. The van der Waals surface area contributed by atoms with E-state index in [9.17, 15) is 9.59 Å². The minimum Gasteiger partial charge on any atom is -0.483 e. The second-order valence-electron chi connectivity index (χ2n) is 6.29. The van der Waals surface area contributed by atoms with E-state index in [-0.39, 0.29) is 18.9 Å². The molecule has 0 aliphatic heterocycles. The molecule has 0 heterocycles. The van der Waals surface area contributed by atoms with Crippen molar-refractivity contribution in [2.45, 2.75) is 27.2 Å². The number of amides is 2. The predicted molar refractivity (Wildman–Crippen MR) is 115 cm³/mol. The third-order valence-corrected chi connectivity index (χ3v) is 4.72. The Morgan fingerprint density at radius 1 is 1.14 bits per heavy atom. The summed E-state index contributed by atoms with van der Waals surface area (Å²) in [6.45, 7) is 5.31. The molecule has 2 N–H and O–H groups in total. The van der Waals surface area contributed by atoms with Crippen molar-refractivity contribution in [1.82, 2.24) is 5.43 Å². The average Bonchev–Trinajstić information content (AvgIpc) is 2.62. The SMILES string of the molecule is CC(CC(=O)Nc1ccc(C)c(Cl)c1)=NNC(=O)COc1ccc(C)cc1Br. The van der Waals surface area contributed by atoms with Crippen LogP contribution in [-0.4, -0.2) is 24.1 Å². The van der Waals surface area contributed by atoms with Crippen molar-refractivity contribution in [2.24, 2.45) is 5.10 Å². The van der Waals surface area contributed by atoms with Crippen LogP contribution in [0.15, 0.2) is 46.0 Å². The van der Waals surface area contributed by atoms with Crippen LogP contribution in [0.5, 0.6) is 5.75 Å². The minimum atomic E-state index is -0.419. The summed E-state index contributed by atoms with van der Waals surface area (Å²) in [5, 5.41) is 7.24. The highest BCUT2D eigenvalue weighted by molar-refractivity contribution is 9.10. The average molecular weight is 467 g/mol. The Kier molecular flexibility index (Phi) is 8.02. The number of anilines is 1. The van der Waals surface area contributed by atoms with Crippen molar-refractivity contribution < 1.29 is 14.3 Å².